The lowest BCUT2D eigenvalue weighted by Crippen LogP contribution is -2.24. The average molecular weight is 1010 g/mol. The molecule has 2 aromatic heterocycles. The molecule has 4 aliphatic rings. The molecule has 2 heterocycles. The fourth-order valence-electron chi connectivity index (χ4n) is 16.0. The second kappa shape index (κ2) is 15.3. The molecule has 378 valence electrons. The highest BCUT2D eigenvalue weighted by atomic mass is 16.3. The quantitative estimate of drug-likeness (QED) is 0.172. The third-order valence-corrected chi connectivity index (χ3v) is 19.8. The summed E-state index contributed by atoms with van der Waals surface area (Å²) in [6, 6.07) is 67.0. The van der Waals surface area contributed by atoms with Gasteiger partial charge in [-0.2, -0.15) is 0 Å². The maximum atomic E-state index is 7.08. The molecule has 0 bridgehead atoms. The lowest BCUT2D eigenvalue weighted by atomic mass is 9.71. The highest BCUT2D eigenvalue weighted by molar-refractivity contribution is 6.21. The van der Waals surface area contributed by atoms with Crippen LogP contribution in [0, 0.1) is 13.8 Å². The molecule has 0 aliphatic heterocycles. The summed E-state index contributed by atoms with van der Waals surface area (Å²) in [4.78, 5) is 0. The van der Waals surface area contributed by atoms with Gasteiger partial charge in [0.1, 0.15) is 22.3 Å². The van der Waals surface area contributed by atoms with Crippen molar-refractivity contribution in [3.63, 3.8) is 0 Å². The van der Waals surface area contributed by atoms with Gasteiger partial charge in [0, 0.05) is 60.2 Å². The zero-order valence-electron chi connectivity index (χ0n) is 46.3. The molecule has 2 nitrogen and oxygen atoms in total. The Bertz CT molecular complexity index is 4670. The minimum atomic E-state index is -0.296. The van der Waals surface area contributed by atoms with Gasteiger partial charge in [-0.15, -0.1) is 0 Å². The smallest absolute Gasteiger partial charge is 0.144 e. The highest BCUT2D eigenvalue weighted by Gasteiger charge is 2.49. The van der Waals surface area contributed by atoms with Crippen molar-refractivity contribution >= 4 is 43.9 Å². The molecule has 78 heavy (non-hydrogen) atoms. The van der Waals surface area contributed by atoms with E-state index in [1.165, 1.54) is 144 Å². The Kier molecular flexibility index (Phi) is 9.01. The van der Waals surface area contributed by atoms with E-state index < -0.39 is 0 Å². The molecule has 0 saturated heterocycles. The van der Waals surface area contributed by atoms with Crippen molar-refractivity contribution in [3.05, 3.63) is 248 Å². The number of furan rings is 2. The predicted molar refractivity (Wildman–Crippen MR) is 325 cm³/mol. The van der Waals surface area contributed by atoms with Crippen LogP contribution >= 0.6 is 0 Å². The normalized spacial score (nSPS) is 16.5. The van der Waals surface area contributed by atoms with Gasteiger partial charge >= 0.3 is 0 Å². The fourth-order valence-corrected chi connectivity index (χ4v) is 16.0. The van der Waals surface area contributed by atoms with E-state index in [4.69, 9.17) is 8.83 Å². The van der Waals surface area contributed by atoms with Gasteiger partial charge in [-0.1, -0.05) is 213 Å². The second-order valence-electron chi connectivity index (χ2n) is 25.6. The van der Waals surface area contributed by atoms with Crippen LogP contribution in [0.2, 0.25) is 0 Å². The second-order valence-corrected chi connectivity index (χ2v) is 25.6. The third-order valence-electron chi connectivity index (χ3n) is 19.8. The summed E-state index contributed by atoms with van der Waals surface area (Å²) in [5.41, 5.74) is 33.7. The SMILES string of the molecule is Cc1ccc(C(Cc2ccc3c(c2)C(C)(C)c2cc(-c4ccc5c(c4)C(C)(C)c4ccccc4-5)c4oc5ccccc5c4c2-3)c2ccc3c(c2)C(C)(C)c2c4c(c5c(oc6ccccc65)c2-3)-c2ccccc2C4(C)C)c(C)c1. The summed E-state index contributed by atoms with van der Waals surface area (Å²) in [5, 5.41) is 4.82. The molecule has 1 atom stereocenters. The lowest BCUT2D eigenvalue weighted by molar-refractivity contribution is 0.599. The van der Waals surface area contributed by atoms with Crippen molar-refractivity contribution in [2.24, 2.45) is 0 Å². The fraction of sp³-hybridized carbons (Fsp3) is 0.211. The van der Waals surface area contributed by atoms with Crippen LogP contribution in [-0.4, -0.2) is 0 Å². The number of fused-ring (bicyclic) bond motifs is 22. The van der Waals surface area contributed by atoms with Gasteiger partial charge in [-0.05, 0) is 156 Å². The predicted octanol–water partition coefficient (Wildman–Crippen LogP) is 20.4. The lowest BCUT2D eigenvalue weighted by Gasteiger charge is -2.31. The number of aryl methyl sites for hydroxylation is 2. The summed E-state index contributed by atoms with van der Waals surface area (Å²) in [7, 11) is 0. The van der Waals surface area contributed by atoms with Crippen LogP contribution in [0.4, 0.5) is 0 Å². The number of benzene rings is 10. The number of hydrogen-bond acceptors (Lipinski definition) is 2. The Balaban J connectivity index is 0.845. The molecule has 0 N–H and O–H groups in total. The molecule has 4 aliphatic carbocycles. The van der Waals surface area contributed by atoms with Gasteiger partial charge in [0.25, 0.3) is 0 Å². The van der Waals surface area contributed by atoms with Crippen LogP contribution < -0.4 is 0 Å². The molecular formula is C76H62O2. The first-order valence-corrected chi connectivity index (χ1v) is 28.2. The van der Waals surface area contributed by atoms with Gasteiger partial charge in [0.05, 0.1) is 0 Å². The Morgan fingerprint density at radius 1 is 0.385 bits per heavy atom. The van der Waals surface area contributed by atoms with E-state index >= 15 is 0 Å². The summed E-state index contributed by atoms with van der Waals surface area (Å²) >= 11 is 0. The highest BCUT2D eigenvalue weighted by Crippen LogP contribution is 2.64. The van der Waals surface area contributed by atoms with Crippen molar-refractivity contribution < 1.29 is 8.83 Å². The standard InChI is InChI=1S/C76H62O2/c1-41-27-31-46(42(2)35-41)54(44-30-34-51-60(38-44)76(9,10)70-68(51)72-67(53-22-14-18-26-63(53)78-72)65-49-20-12-16-24-57(49)75(7,8)69(65)70)36-43-28-32-50-58(37-43)74(5,6)61-40-55(71-66(64(50)61)52-21-13-17-25-62(52)77-71)45-29-33-48-47-19-11-15-23-56(47)73(3,4)59(48)39-45/h11-35,37-40,54H,36H2,1-10H3. The molecule has 0 spiro atoms. The van der Waals surface area contributed by atoms with E-state index in [1.54, 1.807) is 0 Å². The zero-order valence-corrected chi connectivity index (χ0v) is 46.3. The molecule has 10 aromatic carbocycles. The van der Waals surface area contributed by atoms with Crippen LogP contribution in [0.15, 0.2) is 185 Å². The van der Waals surface area contributed by atoms with Crippen LogP contribution in [0.3, 0.4) is 0 Å². The topological polar surface area (TPSA) is 26.3 Å². The van der Waals surface area contributed by atoms with E-state index in [9.17, 15) is 0 Å². The van der Waals surface area contributed by atoms with Gasteiger partial charge in [0.15, 0.2) is 0 Å². The Morgan fingerprint density at radius 2 is 0.923 bits per heavy atom. The van der Waals surface area contributed by atoms with Gasteiger partial charge in [0.2, 0.25) is 0 Å². The first-order chi connectivity index (χ1) is 37.5. The van der Waals surface area contributed by atoms with E-state index in [2.05, 4.69) is 245 Å². The molecule has 0 amide bonds. The summed E-state index contributed by atoms with van der Waals surface area (Å²) in [6.07, 6.45) is 0.865. The maximum absolute atomic E-state index is 7.08. The van der Waals surface area contributed by atoms with Crippen LogP contribution in [0.25, 0.3) is 99.5 Å². The molecule has 16 rings (SSSR count). The van der Waals surface area contributed by atoms with E-state index in [-0.39, 0.29) is 27.6 Å². The molecule has 12 aromatic rings. The molecule has 1 unspecified atom stereocenters. The van der Waals surface area contributed by atoms with Crippen molar-refractivity contribution in [3.8, 4) is 55.6 Å². The van der Waals surface area contributed by atoms with Gasteiger partial charge in [-0.3, -0.25) is 0 Å². The van der Waals surface area contributed by atoms with Crippen LogP contribution in [0.1, 0.15) is 134 Å². The Labute approximate surface area is 457 Å². The van der Waals surface area contributed by atoms with E-state index in [0.29, 0.717) is 0 Å². The minimum Gasteiger partial charge on any atom is -0.455 e. The van der Waals surface area contributed by atoms with Crippen molar-refractivity contribution in [1.82, 2.24) is 0 Å². The molecule has 2 heteroatoms. The van der Waals surface area contributed by atoms with Gasteiger partial charge < -0.3 is 8.83 Å². The summed E-state index contributed by atoms with van der Waals surface area (Å²) in [5.74, 6) is 0.115. The zero-order chi connectivity index (χ0) is 53.1. The molecular weight excluding hydrogens is 945 g/mol. The van der Waals surface area contributed by atoms with Crippen molar-refractivity contribution in [2.75, 3.05) is 0 Å². The molecule has 0 fully saturated rings. The third kappa shape index (κ3) is 5.83. The first-order valence-electron chi connectivity index (χ1n) is 28.2. The summed E-state index contributed by atoms with van der Waals surface area (Å²) < 4.78 is 14.1. The maximum Gasteiger partial charge on any atom is 0.144 e. The monoisotopic (exact) mass is 1010 g/mol. The first kappa shape index (κ1) is 45.9. The summed E-state index contributed by atoms with van der Waals surface area (Å²) in [6.45, 7) is 24.0. The largest absolute Gasteiger partial charge is 0.455 e. The number of rotatable bonds is 5. The minimum absolute atomic E-state index is 0.111. The van der Waals surface area contributed by atoms with Gasteiger partial charge in [-0.25, -0.2) is 0 Å². The van der Waals surface area contributed by atoms with E-state index in [1.807, 2.05) is 0 Å². The van der Waals surface area contributed by atoms with E-state index in [0.717, 1.165) is 34.3 Å². The van der Waals surface area contributed by atoms with Crippen molar-refractivity contribution in [2.45, 2.75) is 103 Å². The Hall–Kier alpha value is -8.20. The number of hydrogen-bond donors (Lipinski definition) is 0. The average Bonchev–Trinajstić information content (AvgIpc) is 3.52. The molecule has 0 saturated carbocycles. The Morgan fingerprint density at radius 3 is 1.67 bits per heavy atom. The van der Waals surface area contributed by atoms with Crippen LogP contribution in [-0.2, 0) is 28.1 Å². The van der Waals surface area contributed by atoms with Crippen molar-refractivity contribution in [1.29, 1.82) is 0 Å². The number of para-hydroxylation sites is 2. The molecule has 0 radical (unpaired) electrons. The van der Waals surface area contributed by atoms with Crippen LogP contribution in [0.5, 0.6) is 0 Å².